The Bertz CT molecular complexity index is 812. The second kappa shape index (κ2) is 6.62. The summed E-state index contributed by atoms with van der Waals surface area (Å²) < 4.78 is 0. The molecule has 0 saturated heterocycles. The van der Waals surface area contributed by atoms with Crippen molar-refractivity contribution in [1.29, 1.82) is 0 Å². The third kappa shape index (κ3) is 3.57. The molecule has 4 nitrogen and oxygen atoms in total. The highest BCUT2D eigenvalue weighted by molar-refractivity contribution is 7.14. The molecular weight excluding hydrogens is 306 g/mol. The molecule has 5 heteroatoms. The van der Waals surface area contributed by atoms with E-state index in [0.29, 0.717) is 10.7 Å². The Morgan fingerprint density at radius 2 is 1.87 bits per heavy atom. The number of aromatic nitrogens is 1. The molecule has 3 rings (SSSR count). The first-order valence-corrected chi connectivity index (χ1v) is 8.11. The van der Waals surface area contributed by atoms with E-state index in [9.17, 15) is 4.79 Å². The lowest BCUT2D eigenvalue weighted by molar-refractivity contribution is 0.102. The molecule has 2 aromatic carbocycles. The average molecular weight is 323 g/mol. The number of rotatable bonds is 4. The summed E-state index contributed by atoms with van der Waals surface area (Å²) in [5.74, 6) is -0.150. The summed E-state index contributed by atoms with van der Waals surface area (Å²) in [4.78, 5) is 18.8. The maximum absolute atomic E-state index is 12.4. The van der Waals surface area contributed by atoms with Crippen molar-refractivity contribution >= 4 is 28.1 Å². The van der Waals surface area contributed by atoms with Crippen LogP contribution in [0.25, 0.3) is 11.3 Å². The molecule has 0 aliphatic rings. The van der Waals surface area contributed by atoms with Crippen molar-refractivity contribution in [1.82, 2.24) is 4.98 Å². The van der Waals surface area contributed by atoms with Gasteiger partial charge in [-0.25, -0.2) is 4.98 Å². The molecule has 0 bridgehead atoms. The van der Waals surface area contributed by atoms with E-state index in [0.717, 1.165) is 16.9 Å². The van der Waals surface area contributed by atoms with Gasteiger partial charge in [0.05, 0.1) is 5.69 Å². The van der Waals surface area contributed by atoms with E-state index >= 15 is 0 Å². The van der Waals surface area contributed by atoms with E-state index < -0.39 is 0 Å². The van der Waals surface area contributed by atoms with E-state index in [1.165, 1.54) is 11.3 Å². The van der Waals surface area contributed by atoms with Gasteiger partial charge in [0.2, 0.25) is 0 Å². The van der Waals surface area contributed by atoms with Crippen LogP contribution in [0.3, 0.4) is 0 Å². The molecule has 0 aliphatic heterocycles. The van der Waals surface area contributed by atoms with Gasteiger partial charge in [0.25, 0.3) is 5.91 Å². The maximum Gasteiger partial charge on any atom is 0.257 e. The number of nitrogens with one attached hydrogen (secondary N) is 1. The van der Waals surface area contributed by atoms with Crippen LogP contribution in [0.4, 0.5) is 10.8 Å². The fraction of sp³-hybridized carbons (Fsp3) is 0.111. The standard InChI is InChI=1S/C18H17N3OS/c1-21(2)15-10-6-9-14(11-15)17(22)20-18-19-16(12-23-18)13-7-4-3-5-8-13/h3-12H,1-2H3,(H,19,20,22). The van der Waals surface area contributed by atoms with Crippen LogP contribution in [-0.4, -0.2) is 25.0 Å². The van der Waals surface area contributed by atoms with Crippen molar-refractivity contribution in [2.24, 2.45) is 0 Å². The number of nitrogens with zero attached hydrogens (tertiary/aromatic N) is 2. The highest BCUT2D eigenvalue weighted by Crippen LogP contribution is 2.25. The Kier molecular flexibility index (Phi) is 4.39. The number of amides is 1. The number of hydrogen-bond acceptors (Lipinski definition) is 4. The lowest BCUT2D eigenvalue weighted by Gasteiger charge is -2.13. The molecule has 0 atom stereocenters. The Hall–Kier alpha value is -2.66. The van der Waals surface area contributed by atoms with Crippen LogP contribution in [0.2, 0.25) is 0 Å². The van der Waals surface area contributed by atoms with Crippen molar-refractivity contribution in [3.63, 3.8) is 0 Å². The first-order valence-electron chi connectivity index (χ1n) is 7.23. The summed E-state index contributed by atoms with van der Waals surface area (Å²) >= 11 is 1.42. The molecule has 1 aromatic heterocycles. The van der Waals surface area contributed by atoms with Crippen LogP contribution in [0.5, 0.6) is 0 Å². The van der Waals surface area contributed by atoms with Crippen molar-refractivity contribution in [2.45, 2.75) is 0 Å². The van der Waals surface area contributed by atoms with Crippen LogP contribution in [0, 0.1) is 0 Å². The lowest BCUT2D eigenvalue weighted by Crippen LogP contribution is -2.14. The predicted octanol–water partition coefficient (Wildman–Crippen LogP) is 4.13. The monoisotopic (exact) mass is 323 g/mol. The normalized spacial score (nSPS) is 10.3. The van der Waals surface area contributed by atoms with E-state index in [1.807, 2.05) is 72.9 Å². The van der Waals surface area contributed by atoms with Crippen LogP contribution >= 0.6 is 11.3 Å². The van der Waals surface area contributed by atoms with Gasteiger partial charge in [0.1, 0.15) is 0 Å². The summed E-state index contributed by atoms with van der Waals surface area (Å²) in [5, 5.41) is 5.41. The fourth-order valence-electron chi connectivity index (χ4n) is 2.17. The molecule has 0 unspecified atom stereocenters. The summed E-state index contributed by atoms with van der Waals surface area (Å²) in [6.07, 6.45) is 0. The molecular formula is C18H17N3OS. The molecule has 23 heavy (non-hydrogen) atoms. The minimum Gasteiger partial charge on any atom is -0.378 e. The third-order valence-electron chi connectivity index (χ3n) is 3.42. The van der Waals surface area contributed by atoms with Crippen molar-refractivity contribution in [3.05, 3.63) is 65.5 Å². The molecule has 0 fully saturated rings. The zero-order valence-electron chi connectivity index (χ0n) is 13.0. The van der Waals surface area contributed by atoms with Crippen LogP contribution < -0.4 is 10.2 Å². The number of benzene rings is 2. The minimum atomic E-state index is -0.150. The average Bonchev–Trinajstić information content (AvgIpc) is 3.04. The minimum absolute atomic E-state index is 0.150. The summed E-state index contributed by atoms with van der Waals surface area (Å²) in [6, 6.07) is 17.4. The largest absolute Gasteiger partial charge is 0.378 e. The molecule has 0 aliphatic carbocycles. The zero-order valence-corrected chi connectivity index (χ0v) is 13.8. The predicted molar refractivity (Wildman–Crippen MR) is 96.3 cm³/mol. The second-order valence-corrected chi connectivity index (χ2v) is 6.16. The zero-order chi connectivity index (χ0) is 16.2. The highest BCUT2D eigenvalue weighted by Gasteiger charge is 2.10. The SMILES string of the molecule is CN(C)c1cccc(C(=O)Nc2nc(-c3ccccc3)cs2)c1. The van der Waals surface area contributed by atoms with Gasteiger partial charge in [-0.1, -0.05) is 36.4 Å². The molecule has 0 saturated carbocycles. The van der Waals surface area contributed by atoms with Crippen LogP contribution in [0.1, 0.15) is 10.4 Å². The first-order chi connectivity index (χ1) is 11.1. The van der Waals surface area contributed by atoms with Gasteiger partial charge < -0.3 is 4.90 Å². The van der Waals surface area contributed by atoms with E-state index in [2.05, 4.69) is 10.3 Å². The number of thiazole rings is 1. The number of carbonyl (C=O) groups excluding carboxylic acids is 1. The number of anilines is 2. The molecule has 1 amide bonds. The Morgan fingerprint density at radius 1 is 1.09 bits per heavy atom. The summed E-state index contributed by atoms with van der Waals surface area (Å²) in [6.45, 7) is 0. The van der Waals surface area contributed by atoms with Crippen molar-refractivity contribution in [2.75, 3.05) is 24.3 Å². The maximum atomic E-state index is 12.4. The summed E-state index contributed by atoms with van der Waals surface area (Å²) in [7, 11) is 3.90. The Morgan fingerprint density at radius 3 is 2.61 bits per heavy atom. The molecule has 0 spiro atoms. The van der Waals surface area contributed by atoms with E-state index in [4.69, 9.17) is 0 Å². The molecule has 116 valence electrons. The van der Waals surface area contributed by atoms with Gasteiger partial charge in [0.15, 0.2) is 5.13 Å². The Labute approximate surface area is 139 Å². The smallest absolute Gasteiger partial charge is 0.257 e. The second-order valence-electron chi connectivity index (χ2n) is 5.30. The van der Waals surface area contributed by atoms with Crippen molar-refractivity contribution < 1.29 is 4.79 Å². The van der Waals surface area contributed by atoms with Gasteiger partial charge in [-0.05, 0) is 18.2 Å². The summed E-state index contributed by atoms with van der Waals surface area (Å²) in [5.41, 5.74) is 3.52. The topological polar surface area (TPSA) is 45.2 Å². The van der Waals surface area contributed by atoms with Gasteiger partial charge >= 0.3 is 0 Å². The number of hydrogen-bond donors (Lipinski definition) is 1. The molecule has 1 N–H and O–H groups in total. The fourth-order valence-corrected chi connectivity index (χ4v) is 2.88. The molecule has 3 aromatic rings. The van der Waals surface area contributed by atoms with Gasteiger partial charge in [-0.2, -0.15) is 0 Å². The van der Waals surface area contributed by atoms with E-state index in [-0.39, 0.29) is 5.91 Å². The molecule has 1 heterocycles. The van der Waals surface area contributed by atoms with Crippen LogP contribution in [0.15, 0.2) is 60.0 Å². The van der Waals surface area contributed by atoms with Crippen LogP contribution in [-0.2, 0) is 0 Å². The number of carbonyl (C=O) groups is 1. The van der Waals surface area contributed by atoms with Gasteiger partial charge in [0, 0.05) is 36.3 Å². The van der Waals surface area contributed by atoms with E-state index in [1.54, 1.807) is 6.07 Å². The van der Waals surface area contributed by atoms with Gasteiger partial charge in [-0.3, -0.25) is 10.1 Å². The van der Waals surface area contributed by atoms with Gasteiger partial charge in [-0.15, -0.1) is 11.3 Å². The molecule has 0 radical (unpaired) electrons. The lowest BCUT2D eigenvalue weighted by atomic mass is 10.2. The first kappa shape index (κ1) is 15.2. The quantitative estimate of drug-likeness (QED) is 0.785. The highest BCUT2D eigenvalue weighted by atomic mass is 32.1. The third-order valence-corrected chi connectivity index (χ3v) is 4.18. The Balaban J connectivity index is 1.76. The van der Waals surface area contributed by atoms with Crippen molar-refractivity contribution in [3.8, 4) is 11.3 Å².